The highest BCUT2D eigenvalue weighted by Crippen LogP contribution is 2.19. The Morgan fingerprint density at radius 1 is 1.55 bits per heavy atom. The first-order valence-corrected chi connectivity index (χ1v) is 3.77. The monoisotopic (exact) mass is 154 g/mol. The van der Waals surface area contributed by atoms with Crippen LogP contribution in [0.3, 0.4) is 0 Å². The Labute approximate surface area is 66.7 Å². The lowest BCUT2D eigenvalue weighted by Gasteiger charge is -2.14. The van der Waals surface area contributed by atoms with Gasteiger partial charge in [-0.1, -0.05) is 13.8 Å². The fourth-order valence-corrected chi connectivity index (χ4v) is 0.994. The normalized spacial score (nSPS) is 13.9. The number of aromatic nitrogens is 2. The standard InChI is InChI=1S/C8H14N2O/c1-6(2)8(11)7-4-9-5-10(7)3/h4-6,8,11H,1-3H3. The van der Waals surface area contributed by atoms with Gasteiger partial charge in [0.15, 0.2) is 0 Å². The van der Waals surface area contributed by atoms with Crippen molar-refractivity contribution in [2.24, 2.45) is 13.0 Å². The van der Waals surface area contributed by atoms with Crippen LogP contribution in [-0.4, -0.2) is 14.7 Å². The lowest BCUT2D eigenvalue weighted by atomic mass is 10.1. The van der Waals surface area contributed by atoms with Crippen molar-refractivity contribution in [3.63, 3.8) is 0 Å². The summed E-state index contributed by atoms with van der Waals surface area (Å²) in [6.07, 6.45) is 2.99. The molecule has 1 unspecified atom stereocenters. The Kier molecular flexibility index (Phi) is 2.29. The van der Waals surface area contributed by atoms with Crippen molar-refractivity contribution in [1.82, 2.24) is 9.55 Å². The van der Waals surface area contributed by atoms with Crippen molar-refractivity contribution in [3.8, 4) is 0 Å². The molecule has 0 spiro atoms. The molecule has 1 atom stereocenters. The second-order valence-electron chi connectivity index (χ2n) is 3.12. The summed E-state index contributed by atoms with van der Waals surface area (Å²) in [5.74, 6) is 0.241. The molecule has 3 heteroatoms. The van der Waals surface area contributed by atoms with Gasteiger partial charge in [-0.3, -0.25) is 0 Å². The van der Waals surface area contributed by atoms with Gasteiger partial charge in [0, 0.05) is 7.05 Å². The number of hydrogen-bond acceptors (Lipinski definition) is 2. The van der Waals surface area contributed by atoms with Gasteiger partial charge < -0.3 is 9.67 Å². The van der Waals surface area contributed by atoms with E-state index in [0.717, 1.165) is 5.69 Å². The van der Waals surface area contributed by atoms with Crippen LogP contribution in [0.2, 0.25) is 0 Å². The quantitative estimate of drug-likeness (QED) is 0.693. The van der Waals surface area contributed by atoms with Crippen LogP contribution >= 0.6 is 0 Å². The second-order valence-corrected chi connectivity index (χ2v) is 3.12. The lowest BCUT2D eigenvalue weighted by Crippen LogP contribution is -2.09. The Morgan fingerprint density at radius 3 is 2.55 bits per heavy atom. The number of imidazole rings is 1. The van der Waals surface area contributed by atoms with E-state index >= 15 is 0 Å². The Bertz CT molecular complexity index is 230. The molecule has 1 rings (SSSR count). The van der Waals surface area contributed by atoms with E-state index in [1.165, 1.54) is 0 Å². The molecule has 1 heterocycles. The summed E-state index contributed by atoms with van der Waals surface area (Å²) in [7, 11) is 1.88. The smallest absolute Gasteiger partial charge is 0.0978 e. The SMILES string of the molecule is CC(C)C(O)c1cncn1C. The van der Waals surface area contributed by atoms with Gasteiger partial charge in [-0.25, -0.2) is 4.98 Å². The molecule has 0 bridgehead atoms. The molecule has 0 aromatic carbocycles. The third kappa shape index (κ3) is 1.60. The number of aliphatic hydroxyl groups is 1. The van der Waals surface area contributed by atoms with E-state index in [1.54, 1.807) is 12.5 Å². The minimum Gasteiger partial charge on any atom is -0.387 e. The first-order chi connectivity index (χ1) is 5.13. The maximum atomic E-state index is 9.61. The van der Waals surface area contributed by atoms with Gasteiger partial charge in [-0.05, 0) is 5.92 Å². The van der Waals surface area contributed by atoms with Crippen molar-refractivity contribution in [1.29, 1.82) is 0 Å². The number of aliphatic hydroxyl groups excluding tert-OH is 1. The molecule has 0 radical (unpaired) electrons. The molecular formula is C8H14N2O. The minimum atomic E-state index is -0.400. The molecule has 0 saturated carbocycles. The van der Waals surface area contributed by atoms with E-state index in [9.17, 15) is 5.11 Å². The lowest BCUT2D eigenvalue weighted by molar-refractivity contribution is 0.119. The molecule has 1 N–H and O–H groups in total. The highest BCUT2D eigenvalue weighted by Gasteiger charge is 2.14. The predicted molar refractivity (Wildman–Crippen MR) is 43.0 cm³/mol. The van der Waals surface area contributed by atoms with Crippen LogP contribution in [-0.2, 0) is 7.05 Å². The van der Waals surface area contributed by atoms with E-state index in [0.29, 0.717) is 0 Å². The molecular weight excluding hydrogens is 140 g/mol. The number of aryl methyl sites for hydroxylation is 1. The average Bonchev–Trinajstić information content (AvgIpc) is 2.33. The Morgan fingerprint density at radius 2 is 2.18 bits per heavy atom. The van der Waals surface area contributed by atoms with Crippen molar-refractivity contribution in [2.45, 2.75) is 20.0 Å². The third-order valence-electron chi connectivity index (χ3n) is 1.79. The summed E-state index contributed by atoms with van der Waals surface area (Å²) < 4.78 is 1.84. The largest absolute Gasteiger partial charge is 0.387 e. The van der Waals surface area contributed by atoms with Gasteiger partial charge in [0.1, 0.15) is 0 Å². The fourth-order valence-electron chi connectivity index (χ4n) is 0.994. The first kappa shape index (κ1) is 8.27. The van der Waals surface area contributed by atoms with Crippen LogP contribution in [0, 0.1) is 5.92 Å². The van der Waals surface area contributed by atoms with Crippen LogP contribution in [0.15, 0.2) is 12.5 Å². The maximum absolute atomic E-state index is 9.61. The Hall–Kier alpha value is -0.830. The summed E-state index contributed by atoms with van der Waals surface area (Å²) in [5, 5.41) is 9.61. The van der Waals surface area contributed by atoms with Crippen molar-refractivity contribution >= 4 is 0 Å². The Balaban J connectivity index is 2.84. The van der Waals surface area contributed by atoms with Gasteiger partial charge in [0.25, 0.3) is 0 Å². The molecule has 1 aromatic heterocycles. The molecule has 0 amide bonds. The van der Waals surface area contributed by atoms with E-state index in [4.69, 9.17) is 0 Å². The molecule has 0 aliphatic heterocycles. The highest BCUT2D eigenvalue weighted by molar-refractivity contribution is 5.02. The van der Waals surface area contributed by atoms with Crippen molar-refractivity contribution in [2.75, 3.05) is 0 Å². The molecule has 0 aliphatic rings. The van der Waals surface area contributed by atoms with Gasteiger partial charge in [-0.2, -0.15) is 0 Å². The van der Waals surface area contributed by atoms with Crippen LogP contribution < -0.4 is 0 Å². The van der Waals surface area contributed by atoms with Crippen LogP contribution in [0.5, 0.6) is 0 Å². The summed E-state index contributed by atoms with van der Waals surface area (Å²) in [5.41, 5.74) is 0.875. The molecule has 11 heavy (non-hydrogen) atoms. The van der Waals surface area contributed by atoms with Gasteiger partial charge in [-0.15, -0.1) is 0 Å². The van der Waals surface area contributed by atoms with Crippen molar-refractivity contribution in [3.05, 3.63) is 18.2 Å². The molecule has 0 saturated heterocycles. The fraction of sp³-hybridized carbons (Fsp3) is 0.625. The summed E-state index contributed by atoms with van der Waals surface area (Å²) in [6, 6.07) is 0. The van der Waals surface area contributed by atoms with Gasteiger partial charge >= 0.3 is 0 Å². The number of nitrogens with zero attached hydrogens (tertiary/aromatic N) is 2. The predicted octanol–water partition coefficient (Wildman–Crippen LogP) is 1.11. The van der Waals surface area contributed by atoms with Crippen molar-refractivity contribution < 1.29 is 5.11 Å². The summed E-state index contributed by atoms with van der Waals surface area (Å²) in [6.45, 7) is 3.97. The topological polar surface area (TPSA) is 38.1 Å². The second kappa shape index (κ2) is 3.05. The first-order valence-electron chi connectivity index (χ1n) is 3.77. The van der Waals surface area contributed by atoms with E-state index in [2.05, 4.69) is 4.98 Å². The van der Waals surface area contributed by atoms with Crippen LogP contribution in [0.1, 0.15) is 25.6 Å². The number of rotatable bonds is 2. The van der Waals surface area contributed by atoms with E-state index in [1.807, 2.05) is 25.5 Å². The summed E-state index contributed by atoms with van der Waals surface area (Å²) in [4.78, 5) is 3.93. The molecule has 3 nitrogen and oxygen atoms in total. The minimum absolute atomic E-state index is 0.241. The van der Waals surface area contributed by atoms with E-state index in [-0.39, 0.29) is 5.92 Å². The average molecular weight is 154 g/mol. The third-order valence-corrected chi connectivity index (χ3v) is 1.79. The highest BCUT2D eigenvalue weighted by atomic mass is 16.3. The zero-order chi connectivity index (χ0) is 8.43. The molecule has 1 aromatic rings. The zero-order valence-electron chi connectivity index (χ0n) is 7.15. The van der Waals surface area contributed by atoms with Crippen LogP contribution in [0.4, 0.5) is 0 Å². The molecule has 0 aliphatic carbocycles. The maximum Gasteiger partial charge on any atom is 0.0978 e. The van der Waals surface area contributed by atoms with Gasteiger partial charge in [0.2, 0.25) is 0 Å². The zero-order valence-corrected chi connectivity index (χ0v) is 7.15. The van der Waals surface area contributed by atoms with Gasteiger partial charge in [0.05, 0.1) is 24.3 Å². The molecule has 62 valence electrons. The van der Waals surface area contributed by atoms with E-state index < -0.39 is 6.10 Å². The van der Waals surface area contributed by atoms with Crippen LogP contribution in [0.25, 0.3) is 0 Å². The summed E-state index contributed by atoms with van der Waals surface area (Å²) >= 11 is 0. The molecule has 0 fully saturated rings. The number of hydrogen-bond donors (Lipinski definition) is 1.